The molecule has 1 aliphatic rings. The summed E-state index contributed by atoms with van der Waals surface area (Å²) in [6, 6.07) is 14.8. The first-order valence-electron chi connectivity index (χ1n) is 13.2. The smallest absolute Gasteiger partial charge is 0.744 e. The zero-order chi connectivity index (χ0) is 24.2. The summed E-state index contributed by atoms with van der Waals surface area (Å²) < 4.78 is 34.7. The SMILES string of the molecule is CCCCCCCCCCCCCCC1Nc2ccc(S(=O)(=O)[O-])cc2N1Cc1ccccc1.[Na+]. The second-order valence-corrected chi connectivity index (χ2v) is 11.0. The maximum atomic E-state index is 11.6. The van der Waals surface area contributed by atoms with E-state index in [2.05, 4.69) is 29.3 Å². The minimum atomic E-state index is -4.48. The van der Waals surface area contributed by atoms with Gasteiger partial charge in [0.25, 0.3) is 0 Å². The van der Waals surface area contributed by atoms with Crippen molar-refractivity contribution < 1.29 is 42.5 Å². The van der Waals surface area contributed by atoms with Gasteiger partial charge in [-0.25, -0.2) is 8.42 Å². The van der Waals surface area contributed by atoms with Crippen LogP contribution in [0.5, 0.6) is 0 Å². The molecule has 1 N–H and O–H groups in total. The minimum Gasteiger partial charge on any atom is -0.744 e. The number of anilines is 2. The molecule has 1 heterocycles. The van der Waals surface area contributed by atoms with Crippen molar-refractivity contribution in [2.45, 2.75) is 108 Å². The van der Waals surface area contributed by atoms with Crippen molar-refractivity contribution in [1.82, 2.24) is 0 Å². The van der Waals surface area contributed by atoms with Crippen molar-refractivity contribution in [3.05, 3.63) is 54.1 Å². The van der Waals surface area contributed by atoms with Crippen molar-refractivity contribution in [2.24, 2.45) is 0 Å². The molecule has 2 aromatic rings. The van der Waals surface area contributed by atoms with E-state index in [1.807, 2.05) is 18.2 Å². The maximum absolute atomic E-state index is 11.6. The zero-order valence-corrected chi connectivity index (χ0v) is 24.5. The van der Waals surface area contributed by atoms with Crippen LogP contribution in [0.2, 0.25) is 0 Å². The first kappa shape index (κ1) is 30.2. The molecule has 1 unspecified atom stereocenters. The third-order valence-corrected chi connectivity index (χ3v) is 7.62. The Morgan fingerprint density at radius 1 is 0.829 bits per heavy atom. The number of rotatable bonds is 16. The summed E-state index contributed by atoms with van der Waals surface area (Å²) in [6.45, 7) is 2.94. The third-order valence-electron chi connectivity index (χ3n) is 6.79. The summed E-state index contributed by atoms with van der Waals surface area (Å²) in [4.78, 5) is 2.04. The molecule has 0 amide bonds. The average molecular weight is 509 g/mol. The first-order chi connectivity index (χ1) is 16.5. The van der Waals surface area contributed by atoms with E-state index in [0.29, 0.717) is 6.54 Å². The normalized spacial score (nSPS) is 14.9. The second-order valence-electron chi connectivity index (χ2n) is 9.58. The summed E-state index contributed by atoms with van der Waals surface area (Å²) in [5.74, 6) is 0. The van der Waals surface area contributed by atoms with E-state index in [1.54, 1.807) is 6.07 Å². The molecule has 1 aliphatic heterocycles. The summed E-state index contributed by atoms with van der Waals surface area (Å²) in [5, 5.41) is 3.55. The van der Waals surface area contributed by atoms with Crippen LogP contribution < -0.4 is 39.8 Å². The van der Waals surface area contributed by atoms with Gasteiger partial charge < -0.3 is 14.8 Å². The number of hydrogen-bond donors (Lipinski definition) is 1. The standard InChI is InChI=1S/C28H42N2O3S.Na/c1-2-3-4-5-6-7-8-9-10-11-12-16-19-28-29-26-21-20-25(34(31,32)33)22-27(26)30(28)23-24-17-14-13-15-18-24;/h13-15,17-18,20-22,28-29H,2-12,16,19,23H2,1H3,(H,31,32,33);/q;+1/p-1. The van der Waals surface area contributed by atoms with E-state index in [4.69, 9.17) is 0 Å². The molecule has 0 radical (unpaired) electrons. The fourth-order valence-electron chi connectivity index (χ4n) is 4.83. The fourth-order valence-corrected chi connectivity index (χ4v) is 5.32. The van der Waals surface area contributed by atoms with Gasteiger partial charge in [0.15, 0.2) is 0 Å². The number of hydrogen-bond acceptors (Lipinski definition) is 5. The van der Waals surface area contributed by atoms with E-state index < -0.39 is 10.1 Å². The van der Waals surface area contributed by atoms with Crippen LogP contribution in [-0.2, 0) is 16.7 Å². The van der Waals surface area contributed by atoms with E-state index in [-0.39, 0.29) is 40.6 Å². The van der Waals surface area contributed by atoms with Crippen LogP contribution in [0.3, 0.4) is 0 Å². The molecule has 2 aromatic carbocycles. The Labute approximate surface area is 235 Å². The third kappa shape index (κ3) is 10.1. The number of unbranched alkanes of at least 4 members (excludes halogenated alkanes) is 11. The Kier molecular flexibility index (Phi) is 13.7. The van der Waals surface area contributed by atoms with Crippen LogP contribution >= 0.6 is 0 Å². The fraction of sp³-hybridized carbons (Fsp3) is 0.571. The second kappa shape index (κ2) is 15.9. The molecule has 7 heteroatoms. The van der Waals surface area contributed by atoms with Gasteiger partial charge in [0, 0.05) is 6.54 Å². The number of benzene rings is 2. The molecule has 5 nitrogen and oxygen atoms in total. The van der Waals surface area contributed by atoms with Crippen LogP contribution in [0.15, 0.2) is 53.4 Å². The molecule has 0 spiro atoms. The Balaban J connectivity index is 0.00000432. The van der Waals surface area contributed by atoms with Crippen LogP contribution in [-0.4, -0.2) is 19.1 Å². The predicted octanol–water partition coefficient (Wildman–Crippen LogP) is 4.44. The molecule has 0 aliphatic carbocycles. The van der Waals surface area contributed by atoms with Crippen LogP contribution in [0.4, 0.5) is 11.4 Å². The van der Waals surface area contributed by atoms with Gasteiger partial charge in [-0.1, -0.05) is 108 Å². The van der Waals surface area contributed by atoms with Crippen molar-refractivity contribution in [3.63, 3.8) is 0 Å². The predicted molar refractivity (Wildman–Crippen MR) is 140 cm³/mol. The molecule has 0 saturated carbocycles. The molecular formula is C28H41N2NaO3S. The van der Waals surface area contributed by atoms with Crippen LogP contribution in [0.25, 0.3) is 0 Å². The van der Waals surface area contributed by atoms with Gasteiger partial charge in [-0.2, -0.15) is 0 Å². The van der Waals surface area contributed by atoms with Gasteiger partial charge in [-0.15, -0.1) is 0 Å². The molecule has 188 valence electrons. The largest absolute Gasteiger partial charge is 1.00 e. The van der Waals surface area contributed by atoms with Gasteiger partial charge in [0.1, 0.15) is 10.1 Å². The number of fused-ring (bicyclic) bond motifs is 1. The molecule has 35 heavy (non-hydrogen) atoms. The average Bonchev–Trinajstić information content (AvgIpc) is 3.16. The van der Waals surface area contributed by atoms with Crippen LogP contribution in [0, 0.1) is 0 Å². The van der Waals surface area contributed by atoms with Gasteiger partial charge in [-0.3, -0.25) is 0 Å². The minimum absolute atomic E-state index is 0. The molecule has 3 rings (SSSR count). The Morgan fingerprint density at radius 3 is 1.97 bits per heavy atom. The van der Waals surface area contributed by atoms with Crippen molar-refractivity contribution >= 4 is 21.5 Å². The first-order valence-corrected chi connectivity index (χ1v) is 14.6. The molecule has 1 atom stereocenters. The molecule has 0 saturated heterocycles. The van der Waals surface area contributed by atoms with E-state index in [0.717, 1.165) is 29.8 Å². The van der Waals surface area contributed by atoms with E-state index >= 15 is 0 Å². The quantitative estimate of drug-likeness (QED) is 0.206. The Bertz CT molecular complexity index is 969. The van der Waals surface area contributed by atoms with Gasteiger partial charge >= 0.3 is 29.6 Å². The van der Waals surface area contributed by atoms with Crippen molar-refractivity contribution in [1.29, 1.82) is 0 Å². The van der Waals surface area contributed by atoms with Crippen molar-refractivity contribution in [3.8, 4) is 0 Å². The Morgan fingerprint density at radius 2 is 1.40 bits per heavy atom. The zero-order valence-electron chi connectivity index (χ0n) is 21.7. The van der Waals surface area contributed by atoms with Crippen molar-refractivity contribution in [2.75, 3.05) is 10.2 Å². The topological polar surface area (TPSA) is 72.5 Å². The molecule has 0 aromatic heterocycles. The Hall–Kier alpha value is -1.05. The molecule has 0 fully saturated rings. The summed E-state index contributed by atoms with van der Waals surface area (Å²) in [5.41, 5.74) is 2.85. The van der Waals surface area contributed by atoms with Crippen LogP contribution in [0.1, 0.15) is 96.0 Å². The summed E-state index contributed by atoms with van der Waals surface area (Å²) in [6.07, 6.45) is 17.0. The monoisotopic (exact) mass is 508 g/mol. The summed E-state index contributed by atoms with van der Waals surface area (Å²) in [7, 11) is -4.48. The van der Waals surface area contributed by atoms with Gasteiger partial charge in [0.05, 0.1) is 22.4 Å². The molecule has 0 bridgehead atoms. The van der Waals surface area contributed by atoms with E-state index in [9.17, 15) is 13.0 Å². The van der Waals surface area contributed by atoms with Gasteiger partial charge in [0.2, 0.25) is 0 Å². The maximum Gasteiger partial charge on any atom is 1.00 e. The van der Waals surface area contributed by atoms with Gasteiger partial charge in [-0.05, 0) is 36.6 Å². The van der Waals surface area contributed by atoms with E-state index in [1.165, 1.54) is 82.8 Å². The number of nitrogens with zero attached hydrogens (tertiary/aromatic N) is 1. The number of nitrogens with one attached hydrogen (secondary N) is 1. The molecular weight excluding hydrogens is 467 g/mol. The summed E-state index contributed by atoms with van der Waals surface area (Å²) >= 11 is 0.